The van der Waals surface area contributed by atoms with Crippen molar-refractivity contribution in [3.05, 3.63) is 42.5 Å². The summed E-state index contributed by atoms with van der Waals surface area (Å²) in [5, 5.41) is 0.235. The number of fused-ring (bicyclic) bond motifs is 2. The van der Waals surface area contributed by atoms with E-state index in [1.165, 1.54) is 12.1 Å². The van der Waals surface area contributed by atoms with Crippen molar-refractivity contribution in [2.75, 3.05) is 0 Å². The molecule has 0 fully saturated rings. The van der Waals surface area contributed by atoms with Gasteiger partial charge in [-0.25, -0.2) is 25.3 Å². The Bertz CT molecular complexity index is 1400. The van der Waals surface area contributed by atoms with E-state index in [0.717, 1.165) is 6.07 Å². The molecule has 0 unspecified atom stereocenters. The molecule has 3 rings (SSSR count). The van der Waals surface area contributed by atoms with Gasteiger partial charge >= 0.3 is 175 Å². The molecule has 0 saturated carbocycles. The first-order valence-electron chi connectivity index (χ1n) is 6.67. The quantitative estimate of drug-likeness (QED) is 0.194. The van der Waals surface area contributed by atoms with Crippen molar-refractivity contribution in [2.24, 2.45) is 0 Å². The Labute approximate surface area is 314 Å². The maximum atomic E-state index is 11.7. The van der Waals surface area contributed by atoms with Crippen LogP contribution in [0.15, 0.2) is 57.2 Å². The second kappa shape index (κ2) is 11.8. The fourth-order valence-corrected chi connectivity index (χ4v) is 6.00. The van der Waals surface area contributed by atoms with Crippen molar-refractivity contribution < 1.29 is 213 Å². The first kappa shape index (κ1) is 32.3. The minimum Gasteiger partial charge on any atom is -0.744 e. The second-order valence-corrected chi connectivity index (χ2v) is 9.30. The van der Waals surface area contributed by atoms with E-state index in [2.05, 4.69) is 0 Å². The molecule has 0 heterocycles. The molecule has 0 N–H and O–H groups in total. The molecule has 0 aliphatic heterocycles. The summed E-state index contributed by atoms with van der Waals surface area (Å²) in [6, 6.07) is 9.30. The molecular weight excluding hydrogens is 665 g/mol. The minimum absolute atomic E-state index is 0. The zero-order valence-electron chi connectivity index (χ0n) is 15.4. The Morgan fingerprint density at radius 3 is 1.41 bits per heavy atom. The monoisotopic (exact) mass is 670 g/mol. The van der Waals surface area contributed by atoms with Crippen molar-refractivity contribution in [1.82, 2.24) is 0 Å². The van der Waals surface area contributed by atoms with Gasteiger partial charge in [-0.15, -0.1) is 0 Å². The third-order valence-corrected chi connectivity index (χ3v) is 6.62. The van der Waals surface area contributed by atoms with Crippen LogP contribution in [0.3, 0.4) is 0 Å². The van der Waals surface area contributed by atoms with Gasteiger partial charge in [-0.1, -0.05) is 24.3 Å². The van der Waals surface area contributed by atoms with Crippen molar-refractivity contribution in [1.29, 1.82) is 0 Å². The molecule has 3 aromatic rings. The SMILES string of the molecule is O=S(=O)([O-])c1cc2cc3ccccc3cc2c(S(=O)(=O)[O-])c1S(=O)(=O)[O-].[Rb+].[Rb+].[Rb+]. The Balaban J connectivity index is 0.00000261. The maximum absolute atomic E-state index is 11.7. The van der Waals surface area contributed by atoms with E-state index in [0.29, 0.717) is 16.8 Å². The van der Waals surface area contributed by atoms with Crippen LogP contribution < -0.4 is 175 Å². The van der Waals surface area contributed by atoms with Crippen LogP contribution in [0.4, 0.5) is 0 Å². The number of hydrogen-bond donors (Lipinski definition) is 0. The smallest absolute Gasteiger partial charge is 0.744 e. The fourth-order valence-electron chi connectivity index (χ4n) is 2.69. The number of rotatable bonds is 3. The Kier molecular flexibility index (Phi) is 13.2. The van der Waals surface area contributed by atoms with Gasteiger partial charge in [-0.05, 0) is 34.4 Å². The van der Waals surface area contributed by atoms with Crippen molar-refractivity contribution >= 4 is 51.9 Å². The third-order valence-electron chi connectivity index (χ3n) is 3.65. The summed E-state index contributed by atoms with van der Waals surface area (Å²) in [5.74, 6) is 0. The summed E-state index contributed by atoms with van der Waals surface area (Å²) in [6.45, 7) is 0. The first-order chi connectivity index (χ1) is 11.8. The van der Waals surface area contributed by atoms with E-state index in [-0.39, 0.29) is 180 Å². The molecule has 3 aromatic carbocycles. The minimum atomic E-state index is -5.78. The molecule has 0 bridgehead atoms. The van der Waals surface area contributed by atoms with Crippen molar-refractivity contribution in [3.63, 3.8) is 0 Å². The third kappa shape index (κ3) is 7.40. The molecule has 9 nitrogen and oxygen atoms in total. The van der Waals surface area contributed by atoms with Gasteiger partial charge in [0.25, 0.3) is 0 Å². The predicted octanol–water partition coefficient (Wildman–Crippen LogP) is -8.28. The van der Waals surface area contributed by atoms with Gasteiger partial charge in [0.1, 0.15) is 30.4 Å². The molecular formula is C14H7O9Rb3S3. The average molecular weight is 672 g/mol. The number of hydrogen-bond acceptors (Lipinski definition) is 9. The zero-order valence-corrected chi connectivity index (χ0v) is 32.6. The van der Waals surface area contributed by atoms with Gasteiger partial charge in [0.05, 0.1) is 14.7 Å². The van der Waals surface area contributed by atoms with Crippen LogP contribution in [0.1, 0.15) is 0 Å². The fraction of sp³-hybridized carbons (Fsp3) is 0. The zero-order chi connectivity index (χ0) is 19.5. The molecule has 0 aromatic heterocycles. The summed E-state index contributed by atoms with van der Waals surface area (Å²) >= 11 is 0. The van der Waals surface area contributed by atoms with Gasteiger partial charge in [0.2, 0.25) is 0 Å². The van der Waals surface area contributed by atoms with Crippen LogP contribution in [-0.2, 0) is 30.4 Å². The van der Waals surface area contributed by atoms with Crippen LogP contribution in [0.5, 0.6) is 0 Å². The Morgan fingerprint density at radius 2 is 1.00 bits per heavy atom. The van der Waals surface area contributed by atoms with E-state index in [4.69, 9.17) is 0 Å². The van der Waals surface area contributed by atoms with Crippen LogP contribution >= 0.6 is 0 Å². The predicted molar refractivity (Wildman–Crippen MR) is 85.3 cm³/mol. The second-order valence-electron chi connectivity index (χ2n) is 5.32. The van der Waals surface area contributed by atoms with E-state index in [9.17, 15) is 38.9 Å². The summed E-state index contributed by atoms with van der Waals surface area (Å²) in [4.78, 5) is -4.99. The van der Waals surface area contributed by atoms with Crippen LogP contribution in [0, 0.1) is 0 Å². The van der Waals surface area contributed by atoms with Gasteiger partial charge < -0.3 is 13.7 Å². The van der Waals surface area contributed by atoms with Crippen LogP contribution in [0.25, 0.3) is 21.5 Å². The largest absolute Gasteiger partial charge is 1.00 e. The van der Waals surface area contributed by atoms with E-state index in [1.54, 1.807) is 18.2 Å². The summed E-state index contributed by atoms with van der Waals surface area (Å²) in [6.07, 6.45) is 0. The maximum Gasteiger partial charge on any atom is 1.00 e. The van der Waals surface area contributed by atoms with E-state index in [1.807, 2.05) is 0 Å². The molecule has 0 radical (unpaired) electrons. The molecule has 0 amide bonds. The summed E-state index contributed by atoms with van der Waals surface area (Å²) in [5.41, 5.74) is 0. The van der Waals surface area contributed by atoms with E-state index >= 15 is 0 Å². The molecule has 138 valence electrons. The normalized spacial score (nSPS) is 12.0. The van der Waals surface area contributed by atoms with Crippen molar-refractivity contribution in [3.8, 4) is 0 Å². The Morgan fingerprint density at radius 1 is 0.552 bits per heavy atom. The molecule has 15 heteroatoms. The molecule has 0 atom stereocenters. The standard InChI is InChI=1S/C14H10O9S3.3Rb/c15-24(16,17)12-7-10-5-8-3-1-2-4-9(8)6-11(10)13(25(18,19)20)14(12)26(21,22)23;;;/h1-7H,(H,15,16,17)(H,18,19,20)(H,21,22,23);;;/q;3*+1/p-3. The molecule has 0 spiro atoms. The Hall–Kier alpha value is 3.33. The number of benzene rings is 3. The van der Waals surface area contributed by atoms with Gasteiger partial charge in [-0.2, -0.15) is 0 Å². The van der Waals surface area contributed by atoms with Crippen LogP contribution in [-0.4, -0.2) is 38.9 Å². The topological polar surface area (TPSA) is 172 Å². The van der Waals surface area contributed by atoms with Crippen LogP contribution in [0.2, 0.25) is 0 Å². The summed E-state index contributed by atoms with van der Waals surface area (Å²) in [7, 11) is -17.0. The van der Waals surface area contributed by atoms with Gasteiger partial charge in [0.15, 0.2) is 0 Å². The molecule has 0 saturated heterocycles. The summed E-state index contributed by atoms with van der Waals surface area (Å²) < 4.78 is 104. The average Bonchev–Trinajstić information content (AvgIpc) is 2.48. The molecule has 29 heavy (non-hydrogen) atoms. The van der Waals surface area contributed by atoms with Gasteiger partial charge in [-0.3, -0.25) is 0 Å². The molecule has 0 aliphatic carbocycles. The first-order valence-corrected chi connectivity index (χ1v) is 10.9. The van der Waals surface area contributed by atoms with E-state index < -0.39 is 50.4 Å². The van der Waals surface area contributed by atoms with Gasteiger partial charge in [0, 0.05) is 5.39 Å². The van der Waals surface area contributed by atoms with Crippen molar-refractivity contribution in [2.45, 2.75) is 14.7 Å². The molecule has 0 aliphatic rings.